The van der Waals surface area contributed by atoms with E-state index in [1.54, 1.807) is 0 Å². The minimum absolute atomic E-state index is 0.406. The van der Waals surface area contributed by atoms with Gasteiger partial charge in [0, 0.05) is 5.54 Å². The first-order valence-corrected chi connectivity index (χ1v) is 3.91. The van der Waals surface area contributed by atoms with E-state index in [1.807, 2.05) is 0 Å². The number of nitrogens with two attached hydrogens (primary N) is 1. The van der Waals surface area contributed by atoms with Gasteiger partial charge in [-0.1, -0.05) is 12.8 Å². The summed E-state index contributed by atoms with van der Waals surface area (Å²) >= 11 is 0. The summed E-state index contributed by atoms with van der Waals surface area (Å²) in [6.07, 6.45) is -1.49. The van der Waals surface area contributed by atoms with Crippen LogP contribution in [0.1, 0.15) is 25.7 Å². The van der Waals surface area contributed by atoms with Crippen LogP contribution in [0.25, 0.3) is 0 Å². The lowest BCUT2D eigenvalue weighted by Crippen LogP contribution is -2.43. The first kappa shape index (κ1) is 9.80. The molecule has 2 N–H and O–H groups in total. The Labute approximate surface area is 68.9 Å². The summed E-state index contributed by atoms with van der Waals surface area (Å²) in [7, 11) is 0. The molecule has 1 rings (SSSR count). The van der Waals surface area contributed by atoms with Gasteiger partial charge in [-0.15, -0.1) is 13.2 Å². The molecule has 1 aliphatic rings. The lowest BCUT2D eigenvalue weighted by molar-refractivity contribution is -0.329. The molecule has 0 unspecified atom stereocenters. The monoisotopic (exact) mass is 183 g/mol. The molecule has 0 bridgehead atoms. The van der Waals surface area contributed by atoms with Crippen LogP contribution in [0.15, 0.2) is 0 Å². The van der Waals surface area contributed by atoms with E-state index >= 15 is 0 Å². The average Bonchev–Trinajstić information content (AvgIpc) is 2.32. The van der Waals surface area contributed by atoms with Crippen molar-refractivity contribution in [2.45, 2.75) is 37.6 Å². The molecule has 72 valence electrons. The lowest BCUT2D eigenvalue weighted by atomic mass is 10.0. The quantitative estimate of drug-likeness (QED) is 0.708. The van der Waals surface area contributed by atoms with Crippen LogP contribution in [0, 0.1) is 0 Å². The third-order valence-corrected chi connectivity index (χ3v) is 2.12. The Hall–Kier alpha value is -0.290. The highest BCUT2D eigenvalue weighted by Gasteiger charge is 2.36. The minimum Gasteiger partial charge on any atom is -0.323 e. The van der Waals surface area contributed by atoms with Crippen molar-refractivity contribution in [1.29, 1.82) is 0 Å². The van der Waals surface area contributed by atoms with Gasteiger partial charge in [-0.25, -0.2) is 0 Å². The molecule has 0 aromatic heterocycles. The van der Waals surface area contributed by atoms with Crippen LogP contribution in [0.4, 0.5) is 13.2 Å². The summed E-state index contributed by atoms with van der Waals surface area (Å²) in [5.41, 5.74) is 4.90. The van der Waals surface area contributed by atoms with E-state index in [1.165, 1.54) is 0 Å². The molecule has 1 saturated carbocycles. The predicted octanol–water partition coefficient (Wildman–Crippen LogP) is 1.79. The van der Waals surface area contributed by atoms with Crippen molar-refractivity contribution in [2.75, 3.05) is 6.61 Å². The molecule has 1 fully saturated rings. The highest BCUT2D eigenvalue weighted by atomic mass is 19.4. The maximum atomic E-state index is 11.6. The number of ether oxygens (including phenoxy) is 1. The number of halogens is 3. The zero-order valence-corrected chi connectivity index (χ0v) is 6.66. The lowest BCUT2D eigenvalue weighted by Gasteiger charge is -2.23. The smallest absolute Gasteiger partial charge is 0.323 e. The number of rotatable bonds is 2. The van der Waals surface area contributed by atoms with E-state index in [-0.39, 0.29) is 0 Å². The maximum Gasteiger partial charge on any atom is 0.522 e. The topological polar surface area (TPSA) is 35.2 Å². The Morgan fingerprint density at radius 1 is 1.25 bits per heavy atom. The number of hydrogen-bond acceptors (Lipinski definition) is 2. The third-order valence-electron chi connectivity index (χ3n) is 2.12. The average molecular weight is 183 g/mol. The molecule has 12 heavy (non-hydrogen) atoms. The van der Waals surface area contributed by atoms with Crippen LogP contribution >= 0.6 is 0 Å². The molecular weight excluding hydrogens is 171 g/mol. The van der Waals surface area contributed by atoms with Gasteiger partial charge in [0.15, 0.2) is 0 Å². The van der Waals surface area contributed by atoms with Crippen molar-refractivity contribution in [3.05, 3.63) is 0 Å². The number of hydrogen-bond donors (Lipinski definition) is 1. The molecule has 0 saturated heterocycles. The second-order valence-electron chi connectivity index (χ2n) is 3.30. The van der Waals surface area contributed by atoms with Crippen LogP contribution < -0.4 is 5.73 Å². The van der Waals surface area contributed by atoms with Gasteiger partial charge in [0.1, 0.15) is 0 Å². The Kier molecular flexibility index (Phi) is 2.63. The molecule has 0 atom stereocenters. The highest BCUT2D eigenvalue weighted by molar-refractivity contribution is 4.88. The van der Waals surface area contributed by atoms with E-state index in [9.17, 15) is 13.2 Å². The first-order chi connectivity index (χ1) is 5.41. The standard InChI is InChI=1S/C7H12F3NO/c8-7(9,10)12-5-6(11)3-1-2-4-6/h1-5,11H2. The van der Waals surface area contributed by atoms with E-state index < -0.39 is 18.5 Å². The molecule has 5 heteroatoms. The third kappa shape index (κ3) is 2.98. The summed E-state index contributed by atoms with van der Waals surface area (Å²) in [6, 6.07) is 0. The van der Waals surface area contributed by atoms with Crippen LogP contribution in [0.3, 0.4) is 0 Å². The van der Waals surface area contributed by atoms with Crippen LogP contribution in [0.5, 0.6) is 0 Å². The molecule has 0 aromatic rings. The van der Waals surface area contributed by atoms with E-state index in [2.05, 4.69) is 4.74 Å². The maximum absolute atomic E-state index is 11.6. The Bertz CT molecular complexity index is 151. The zero-order valence-electron chi connectivity index (χ0n) is 6.66. The van der Waals surface area contributed by atoms with Gasteiger partial charge in [0.25, 0.3) is 0 Å². The fraction of sp³-hybridized carbons (Fsp3) is 1.00. The molecule has 0 heterocycles. The van der Waals surface area contributed by atoms with Gasteiger partial charge in [-0.3, -0.25) is 4.74 Å². The van der Waals surface area contributed by atoms with Gasteiger partial charge in [0.2, 0.25) is 0 Å². The van der Waals surface area contributed by atoms with Crippen molar-refractivity contribution in [2.24, 2.45) is 5.73 Å². The molecule has 0 aliphatic heterocycles. The second kappa shape index (κ2) is 3.22. The van der Waals surface area contributed by atoms with Crippen molar-refractivity contribution in [1.82, 2.24) is 0 Å². The fourth-order valence-electron chi connectivity index (χ4n) is 1.45. The highest BCUT2D eigenvalue weighted by Crippen LogP contribution is 2.29. The van der Waals surface area contributed by atoms with Crippen LogP contribution in [-0.4, -0.2) is 18.5 Å². The molecule has 1 aliphatic carbocycles. The SMILES string of the molecule is NC1(COC(F)(F)F)CCCC1. The van der Waals surface area contributed by atoms with E-state index in [0.717, 1.165) is 12.8 Å². The van der Waals surface area contributed by atoms with Crippen LogP contribution in [0.2, 0.25) is 0 Å². The number of alkyl halides is 3. The Balaban J connectivity index is 2.30. The van der Waals surface area contributed by atoms with Gasteiger partial charge >= 0.3 is 6.36 Å². The largest absolute Gasteiger partial charge is 0.522 e. The second-order valence-corrected chi connectivity index (χ2v) is 3.30. The minimum atomic E-state index is -4.55. The van der Waals surface area contributed by atoms with Gasteiger partial charge < -0.3 is 5.73 Å². The fourth-order valence-corrected chi connectivity index (χ4v) is 1.45. The van der Waals surface area contributed by atoms with Crippen molar-refractivity contribution < 1.29 is 17.9 Å². The molecular formula is C7H12F3NO. The predicted molar refractivity (Wildman–Crippen MR) is 37.4 cm³/mol. The van der Waals surface area contributed by atoms with Crippen molar-refractivity contribution in [3.8, 4) is 0 Å². The summed E-state index contributed by atoms with van der Waals surface area (Å²) in [6.45, 7) is -0.406. The molecule has 0 radical (unpaired) electrons. The van der Waals surface area contributed by atoms with Gasteiger partial charge in [-0.2, -0.15) is 0 Å². The molecule has 0 aromatic carbocycles. The van der Waals surface area contributed by atoms with Gasteiger partial charge in [0.05, 0.1) is 6.61 Å². The summed E-state index contributed by atoms with van der Waals surface area (Å²) in [4.78, 5) is 0. The van der Waals surface area contributed by atoms with Crippen LogP contribution in [-0.2, 0) is 4.74 Å². The molecule has 0 spiro atoms. The van der Waals surface area contributed by atoms with Crippen molar-refractivity contribution >= 4 is 0 Å². The van der Waals surface area contributed by atoms with Crippen molar-refractivity contribution in [3.63, 3.8) is 0 Å². The van der Waals surface area contributed by atoms with E-state index in [4.69, 9.17) is 5.73 Å². The molecule has 0 amide bonds. The summed E-state index contributed by atoms with van der Waals surface area (Å²) in [5.74, 6) is 0. The Morgan fingerprint density at radius 2 is 1.75 bits per heavy atom. The molecule has 2 nitrogen and oxygen atoms in total. The summed E-state index contributed by atoms with van der Waals surface area (Å²) in [5, 5.41) is 0. The van der Waals surface area contributed by atoms with Gasteiger partial charge in [-0.05, 0) is 12.8 Å². The van der Waals surface area contributed by atoms with E-state index in [0.29, 0.717) is 12.8 Å². The zero-order chi connectivity index (χ0) is 9.24. The summed E-state index contributed by atoms with van der Waals surface area (Å²) < 4.78 is 38.5. The Morgan fingerprint density at radius 3 is 2.17 bits per heavy atom. The normalized spacial score (nSPS) is 23.0. The first-order valence-electron chi connectivity index (χ1n) is 3.91.